The highest BCUT2D eigenvalue weighted by Crippen LogP contribution is 2.01. The minimum absolute atomic E-state index is 0.140. The van der Waals surface area contributed by atoms with Crippen molar-refractivity contribution < 1.29 is 9.59 Å². The van der Waals surface area contributed by atoms with Crippen LogP contribution in [0.15, 0.2) is 60.7 Å². The van der Waals surface area contributed by atoms with Gasteiger partial charge in [0.25, 0.3) is 5.91 Å². The minimum atomic E-state index is -0.535. The molecular formula is C16H15NO2. The molecule has 0 aliphatic rings. The van der Waals surface area contributed by atoms with E-state index in [0.717, 1.165) is 11.1 Å². The predicted molar refractivity (Wildman–Crippen MR) is 73.4 cm³/mol. The molecule has 0 aromatic heterocycles. The summed E-state index contributed by atoms with van der Waals surface area (Å²) in [6.07, 6.45) is 0.140. The van der Waals surface area contributed by atoms with E-state index in [4.69, 9.17) is 0 Å². The Labute approximate surface area is 112 Å². The molecule has 0 aliphatic carbocycles. The van der Waals surface area contributed by atoms with Gasteiger partial charge in [0.05, 0.1) is 0 Å². The molecule has 0 atom stereocenters. The Morgan fingerprint density at radius 3 is 1.89 bits per heavy atom. The second kappa shape index (κ2) is 6.50. The van der Waals surface area contributed by atoms with Crippen LogP contribution in [0.4, 0.5) is 0 Å². The van der Waals surface area contributed by atoms with Crippen LogP contribution in [0.25, 0.3) is 0 Å². The monoisotopic (exact) mass is 253 g/mol. The van der Waals surface area contributed by atoms with Gasteiger partial charge in [-0.15, -0.1) is 0 Å². The van der Waals surface area contributed by atoms with Gasteiger partial charge in [0.15, 0.2) is 0 Å². The minimum Gasteiger partial charge on any atom is -0.345 e. The highest BCUT2D eigenvalue weighted by Gasteiger charge is 2.13. The highest BCUT2D eigenvalue weighted by atomic mass is 16.2. The lowest BCUT2D eigenvalue weighted by Gasteiger charge is -2.04. The summed E-state index contributed by atoms with van der Waals surface area (Å²) in [6.45, 7) is 0.375. The lowest BCUT2D eigenvalue weighted by molar-refractivity contribution is -0.137. The number of Topliss-reactive ketones (excluding diaryl/α,β-unsaturated/α-hetero) is 1. The fourth-order valence-electron chi connectivity index (χ4n) is 1.74. The second-order valence-corrected chi connectivity index (χ2v) is 4.25. The van der Waals surface area contributed by atoms with Crippen molar-refractivity contribution in [2.24, 2.45) is 0 Å². The van der Waals surface area contributed by atoms with Crippen molar-refractivity contribution in [3.8, 4) is 0 Å². The van der Waals surface area contributed by atoms with Crippen LogP contribution in [-0.4, -0.2) is 11.7 Å². The van der Waals surface area contributed by atoms with Crippen LogP contribution in [0.1, 0.15) is 11.1 Å². The molecule has 2 aromatic rings. The number of benzene rings is 2. The van der Waals surface area contributed by atoms with Gasteiger partial charge in [0, 0.05) is 13.0 Å². The summed E-state index contributed by atoms with van der Waals surface area (Å²) in [5.74, 6) is -0.949. The molecule has 0 spiro atoms. The fourth-order valence-corrected chi connectivity index (χ4v) is 1.74. The van der Waals surface area contributed by atoms with E-state index in [2.05, 4.69) is 5.32 Å². The fraction of sp³-hybridized carbons (Fsp3) is 0.125. The Morgan fingerprint density at radius 1 is 0.789 bits per heavy atom. The van der Waals surface area contributed by atoms with E-state index in [9.17, 15) is 9.59 Å². The molecule has 0 radical (unpaired) electrons. The molecule has 0 heterocycles. The summed E-state index contributed by atoms with van der Waals surface area (Å²) in [6, 6.07) is 18.8. The van der Waals surface area contributed by atoms with Crippen molar-refractivity contribution in [1.82, 2.24) is 5.32 Å². The summed E-state index contributed by atoms with van der Waals surface area (Å²) in [7, 11) is 0. The van der Waals surface area contributed by atoms with Crippen molar-refractivity contribution in [2.75, 3.05) is 0 Å². The third kappa shape index (κ3) is 4.07. The third-order valence-electron chi connectivity index (χ3n) is 2.76. The average molecular weight is 253 g/mol. The smallest absolute Gasteiger partial charge is 0.287 e. The molecule has 2 aromatic carbocycles. The van der Waals surface area contributed by atoms with Crippen molar-refractivity contribution in [3.05, 3.63) is 71.8 Å². The number of ketones is 1. The Balaban J connectivity index is 1.85. The van der Waals surface area contributed by atoms with E-state index in [1.54, 1.807) is 0 Å². The lowest BCUT2D eigenvalue weighted by atomic mass is 10.1. The second-order valence-electron chi connectivity index (χ2n) is 4.25. The first kappa shape index (κ1) is 13.0. The highest BCUT2D eigenvalue weighted by molar-refractivity contribution is 6.36. The lowest BCUT2D eigenvalue weighted by Crippen LogP contribution is -2.31. The maximum atomic E-state index is 11.7. The van der Waals surface area contributed by atoms with E-state index in [1.165, 1.54) is 0 Å². The van der Waals surface area contributed by atoms with Gasteiger partial charge in [0.1, 0.15) is 0 Å². The largest absolute Gasteiger partial charge is 0.345 e. The van der Waals surface area contributed by atoms with Crippen LogP contribution in [0, 0.1) is 0 Å². The number of hydrogen-bond acceptors (Lipinski definition) is 2. The van der Waals surface area contributed by atoms with Gasteiger partial charge in [-0.05, 0) is 11.1 Å². The molecule has 3 heteroatoms. The van der Waals surface area contributed by atoms with Gasteiger partial charge >= 0.3 is 0 Å². The molecular weight excluding hydrogens is 238 g/mol. The van der Waals surface area contributed by atoms with E-state index < -0.39 is 11.7 Å². The maximum absolute atomic E-state index is 11.7. The van der Waals surface area contributed by atoms with Gasteiger partial charge in [-0.3, -0.25) is 9.59 Å². The molecule has 0 saturated heterocycles. The normalized spacial score (nSPS) is 9.89. The zero-order valence-corrected chi connectivity index (χ0v) is 10.5. The van der Waals surface area contributed by atoms with Crippen LogP contribution >= 0.6 is 0 Å². The molecule has 3 nitrogen and oxygen atoms in total. The first-order chi connectivity index (χ1) is 9.25. The molecule has 0 unspecified atom stereocenters. The van der Waals surface area contributed by atoms with Gasteiger partial charge in [-0.25, -0.2) is 0 Å². The average Bonchev–Trinajstić information content (AvgIpc) is 2.47. The van der Waals surface area contributed by atoms with E-state index >= 15 is 0 Å². The first-order valence-electron chi connectivity index (χ1n) is 6.14. The summed E-state index contributed by atoms with van der Waals surface area (Å²) < 4.78 is 0. The van der Waals surface area contributed by atoms with Gasteiger partial charge in [0.2, 0.25) is 5.78 Å². The Kier molecular flexibility index (Phi) is 4.45. The number of carbonyl (C=O) groups excluding carboxylic acids is 2. The van der Waals surface area contributed by atoms with E-state index in [1.807, 2.05) is 60.7 Å². The van der Waals surface area contributed by atoms with Crippen molar-refractivity contribution in [2.45, 2.75) is 13.0 Å². The summed E-state index contributed by atoms with van der Waals surface area (Å²) in [5, 5.41) is 2.63. The Bertz CT molecular complexity index is 549. The van der Waals surface area contributed by atoms with Gasteiger partial charge < -0.3 is 5.32 Å². The Hall–Kier alpha value is -2.42. The number of carbonyl (C=O) groups is 2. The molecule has 2 rings (SSSR count). The molecule has 1 N–H and O–H groups in total. The van der Waals surface area contributed by atoms with Crippen LogP contribution in [0.3, 0.4) is 0 Å². The number of rotatable bonds is 5. The van der Waals surface area contributed by atoms with Gasteiger partial charge in [-0.2, -0.15) is 0 Å². The maximum Gasteiger partial charge on any atom is 0.287 e. The summed E-state index contributed by atoms with van der Waals surface area (Å²) in [5.41, 5.74) is 1.82. The first-order valence-corrected chi connectivity index (χ1v) is 6.14. The van der Waals surface area contributed by atoms with Crippen LogP contribution in [0.2, 0.25) is 0 Å². The molecule has 0 saturated carbocycles. The molecule has 0 bridgehead atoms. The van der Waals surface area contributed by atoms with Crippen molar-refractivity contribution >= 4 is 11.7 Å². The number of hydrogen-bond donors (Lipinski definition) is 1. The molecule has 1 amide bonds. The predicted octanol–water partition coefficient (Wildman–Crippen LogP) is 2.11. The summed E-state index contributed by atoms with van der Waals surface area (Å²) in [4.78, 5) is 23.4. The molecule has 96 valence electrons. The third-order valence-corrected chi connectivity index (χ3v) is 2.76. The quantitative estimate of drug-likeness (QED) is 0.830. The van der Waals surface area contributed by atoms with Gasteiger partial charge in [-0.1, -0.05) is 60.7 Å². The Morgan fingerprint density at radius 2 is 1.32 bits per heavy atom. The van der Waals surface area contributed by atoms with Crippen LogP contribution in [0.5, 0.6) is 0 Å². The zero-order valence-electron chi connectivity index (χ0n) is 10.5. The standard InChI is InChI=1S/C16H15NO2/c18-15(11-13-7-3-1-4-8-13)16(19)17-12-14-9-5-2-6-10-14/h1-10H,11-12H2,(H,17,19). The zero-order chi connectivity index (χ0) is 13.5. The van der Waals surface area contributed by atoms with Crippen molar-refractivity contribution in [3.63, 3.8) is 0 Å². The number of amides is 1. The summed E-state index contributed by atoms with van der Waals surface area (Å²) >= 11 is 0. The molecule has 0 fully saturated rings. The van der Waals surface area contributed by atoms with Crippen LogP contribution < -0.4 is 5.32 Å². The molecule has 19 heavy (non-hydrogen) atoms. The SMILES string of the molecule is O=C(Cc1ccccc1)C(=O)NCc1ccccc1. The van der Waals surface area contributed by atoms with E-state index in [0.29, 0.717) is 6.54 Å². The topological polar surface area (TPSA) is 46.2 Å². The molecule has 0 aliphatic heterocycles. The van der Waals surface area contributed by atoms with Crippen molar-refractivity contribution in [1.29, 1.82) is 0 Å². The van der Waals surface area contributed by atoms with E-state index in [-0.39, 0.29) is 6.42 Å². The number of nitrogens with one attached hydrogen (secondary N) is 1. The van der Waals surface area contributed by atoms with Crippen LogP contribution in [-0.2, 0) is 22.6 Å².